The number of hydrogen-bond acceptors (Lipinski definition) is 6. The van der Waals surface area contributed by atoms with Crippen LogP contribution in [0.5, 0.6) is 11.6 Å². The first-order chi connectivity index (χ1) is 18.2. The maximum Gasteiger partial charge on any atom is 0.421 e. The molecule has 0 saturated heterocycles. The number of pyridine rings is 1. The van der Waals surface area contributed by atoms with Gasteiger partial charge in [-0.1, -0.05) is 18.7 Å². The largest absolute Gasteiger partial charge is 0.438 e. The van der Waals surface area contributed by atoms with Gasteiger partial charge in [0, 0.05) is 29.2 Å². The number of rotatable bonds is 6. The van der Waals surface area contributed by atoms with Crippen LogP contribution in [0.2, 0.25) is 0 Å². The van der Waals surface area contributed by atoms with Gasteiger partial charge in [0.15, 0.2) is 0 Å². The van der Waals surface area contributed by atoms with E-state index in [4.69, 9.17) is 15.5 Å². The number of amides is 1. The molecule has 0 aliphatic heterocycles. The fourth-order valence-electron chi connectivity index (χ4n) is 3.88. The van der Waals surface area contributed by atoms with Crippen LogP contribution in [0.1, 0.15) is 5.56 Å². The number of imidazole rings is 1. The van der Waals surface area contributed by atoms with Crippen molar-refractivity contribution in [1.82, 2.24) is 19.4 Å². The van der Waals surface area contributed by atoms with Crippen molar-refractivity contribution in [3.8, 4) is 34.3 Å². The zero-order valence-electron chi connectivity index (χ0n) is 19.6. The molecule has 0 fully saturated rings. The van der Waals surface area contributed by atoms with E-state index in [0.29, 0.717) is 28.3 Å². The molecule has 0 spiro atoms. The number of anilines is 2. The molecule has 0 bridgehead atoms. The van der Waals surface area contributed by atoms with Gasteiger partial charge in [0.2, 0.25) is 17.7 Å². The summed E-state index contributed by atoms with van der Waals surface area (Å²) in [5.41, 5.74) is 8.38. The normalized spacial score (nSPS) is 11.3. The maximum atomic E-state index is 13.3. The van der Waals surface area contributed by atoms with Gasteiger partial charge in [-0.3, -0.25) is 9.20 Å². The van der Waals surface area contributed by atoms with Gasteiger partial charge < -0.3 is 15.8 Å². The van der Waals surface area contributed by atoms with E-state index in [2.05, 4.69) is 21.9 Å². The molecule has 0 unspecified atom stereocenters. The van der Waals surface area contributed by atoms with Crippen LogP contribution < -0.4 is 15.8 Å². The van der Waals surface area contributed by atoms with Crippen LogP contribution in [0.3, 0.4) is 0 Å². The molecule has 0 saturated carbocycles. The van der Waals surface area contributed by atoms with E-state index in [1.54, 1.807) is 47.0 Å². The fraction of sp³-hybridized carbons (Fsp3) is 0.0370. The quantitative estimate of drug-likeness (QED) is 0.269. The first-order valence-electron chi connectivity index (χ1n) is 11.2. The zero-order chi connectivity index (χ0) is 26.9. The smallest absolute Gasteiger partial charge is 0.421 e. The Morgan fingerprint density at radius 1 is 1.00 bits per heavy atom. The Kier molecular flexibility index (Phi) is 6.25. The second kappa shape index (κ2) is 9.69. The molecule has 0 atom stereocenters. The predicted octanol–water partition coefficient (Wildman–Crippen LogP) is 5.98. The molecule has 0 aliphatic rings. The van der Waals surface area contributed by atoms with Gasteiger partial charge in [0.25, 0.3) is 0 Å². The molecule has 0 aliphatic carbocycles. The number of nitrogens with one attached hydrogen (secondary N) is 1. The second-order valence-corrected chi connectivity index (χ2v) is 8.06. The summed E-state index contributed by atoms with van der Waals surface area (Å²) in [5, 5.41) is 2.72. The Hall–Kier alpha value is -5.19. The number of ether oxygens (including phenoxy) is 1. The van der Waals surface area contributed by atoms with Crippen LogP contribution in [0.15, 0.2) is 91.8 Å². The summed E-state index contributed by atoms with van der Waals surface area (Å²) in [4.78, 5) is 24.4. The Morgan fingerprint density at radius 2 is 1.79 bits per heavy atom. The average molecular weight is 516 g/mol. The van der Waals surface area contributed by atoms with Gasteiger partial charge in [0.1, 0.15) is 17.1 Å². The Labute approximate surface area is 214 Å². The van der Waals surface area contributed by atoms with E-state index in [1.165, 1.54) is 30.5 Å². The Bertz CT molecular complexity index is 1660. The van der Waals surface area contributed by atoms with Crippen LogP contribution in [-0.2, 0) is 11.0 Å². The molecule has 3 aromatic heterocycles. The van der Waals surface area contributed by atoms with E-state index < -0.39 is 17.6 Å². The third-order valence-electron chi connectivity index (χ3n) is 5.57. The third-order valence-corrected chi connectivity index (χ3v) is 5.57. The molecule has 0 radical (unpaired) electrons. The molecule has 190 valence electrons. The summed E-state index contributed by atoms with van der Waals surface area (Å²) < 4.78 is 47.0. The lowest BCUT2D eigenvalue weighted by atomic mass is 10.1. The maximum absolute atomic E-state index is 13.3. The molecule has 3 heterocycles. The lowest BCUT2D eigenvalue weighted by Gasteiger charge is -2.12. The van der Waals surface area contributed by atoms with Crippen molar-refractivity contribution in [2.75, 3.05) is 11.1 Å². The monoisotopic (exact) mass is 516 g/mol. The highest BCUT2D eigenvalue weighted by Gasteiger charge is 2.35. The molecule has 5 rings (SSSR count). The number of fused-ring (bicyclic) bond motifs is 1. The van der Waals surface area contributed by atoms with Crippen molar-refractivity contribution >= 4 is 23.1 Å². The number of nitrogen functional groups attached to an aromatic ring is 1. The minimum absolute atomic E-state index is 0.163. The number of nitrogens with two attached hydrogens (primary N) is 1. The summed E-state index contributed by atoms with van der Waals surface area (Å²) in [6.07, 6.45) is -0.644. The van der Waals surface area contributed by atoms with Crippen LogP contribution >= 0.6 is 0 Å². The molecule has 2 aromatic carbocycles. The topological polar surface area (TPSA) is 107 Å². The molecule has 3 N–H and O–H groups in total. The van der Waals surface area contributed by atoms with Crippen molar-refractivity contribution in [3.63, 3.8) is 0 Å². The van der Waals surface area contributed by atoms with E-state index in [1.807, 2.05) is 6.07 Å². The number of benzene rings is 2. The number of aromatic nitrogens is 4. The van der Waals surface area contributed by atoms with Gasteiger partial charge >= 0.3 is 6.18 Å². The Morgan fingerprint density at radius 3 is 2.53 bits per heavy atom. The molecular formula is C27H19F3N6O2. The Balaban J connectivity index is 1.53. The third kappa shape index (κ3) is 4.76. The summed E-state index contributed by atoms with van der Waals surface area (Å²) in [6.45, 7) is 3.46. The predicted molar refractivity (Wildman–Crippen MR) is 136 cm³/mol. The number of alkyl halides is 3. The average Bonchev–Trinajstić information content (AvgIpc) is 3.30. The van der Waals surface area contributed by atoms with Gasteiger partial charge in [-0.15, -0.1) is 0 Å². The minimum Gasteiger partial charge on any atom is -0.438 e. The second-order valence-electron chi connectivity index (χ2n) is 8.06. The van der Waals surface area contributed by atoms with Crippen LogP contribution in [0.4, 0.5) is 24.8 Å². The van der Waals surface area contributed by atoms with Gasteiger partial charge in [-0.2, -0.15) is 13.2 Å². The number of halogens is 3. The van der Waals surface area contributed by atoms with Crippen molar-refractivity contribution in [2.24, 2.45) is 0 Å². The summed E-state index contributed by atoms with van der Waals surface area (Å²) in [6, 6.07) is 17.3. The molecule has 5 aromatic rings. The number of carbonyl (C=O) groups is 1. The molecule has 1 amide bonds. The SMILES string of the molecule is C=CC(=O)Nc1cccc(-c2nc(-c3ccc(Oc4ncccc4C(F)(F)F)cc3)n3c(N)nccc23)c1. The lowest BCUT2D eigenvalue weighted by molar-refractivity contribution is -0.138. The van der Waals surface area contributed by atoms with E-state index in [0.717, 1.165) is 11.6 Å². The van der Waals surface area contributed by atoms with Gasteiger partial charge in [0.05, 0.1) is 11.2 Å². The van der Waals surface area contributed by atoms with Crippen molar-refractivity contribution in [2.45, 2.75) is 6.18 Å². The molecule has 38 heavy (non-hydrogen) atoms. The number of carbonyl (C=O) groups excluding carboxylic acids is 1. The van der Waals surface area contributed by atoms with E-state index in [9.17, 15) is 18.0 Å². The van der Waals surface area contributed by atoms with Gasteiger partial charge in [-0.05, 0) is 60.7 Å². The number of nitrogens with zero attached hydrogens (tertiary/aromatic N) is 4. The highest BCUT2D eigenvalue weighted by Crippen LogP contribution is 2.37. The van der Waals surface area contributed by atoms with Crippen LogP contribution in [0.25, 0.3) is 28.2 Å². The highest BCUT2D eigenvalue weighted by atomic mass is 19.4. The summed E-state index contributed by atoms with van der Waals surface area (Å²) in [7, 11) is 0. The van der Waals surface area contributed by atoms with Crippen molar-refractivity contribution in [3.05, 3.63) is 97.3 Å². The minimum atomic E-state index is -4.61. The first kappa shape index (κ1) is 24.5. The molecule has 8 nitrogen and oxygen atoms in total. The number of hydrogen-bond donors (Lipinski definition) is 2. The molecule has 11 heteroatoms. The zero-order valence-corrected chi connectivity index (χ0v) is 19.6. The lowest BCUT2D eigenvalue weighted by Crippen LogP contribution is -2.08. The van der Waals surface area contributed by atoms with Crippen molar-refractivity contribution < 1.29 is 22.7 Å². The first-order valence-corrected chi connectivity index (χ1v) is 11.2. The highest BCUT2D eigenvalue weighted by molar-refractivity contribution is 5.99. The van der Waals surface area contributed by atoms with E-state index in [-0.39, 0.29) is 17.6 Å². The van der Waals surface area contributed by atoms with E-state index >= 15 is 0 Å². The fourth-order valence-corrected chi connectivity index (χ4v) is 3.88. The van der Waals surface area contributed by atoms with Crippen molar-refractivity contribution in [1.29, 1.82) is 0 Å². The van der Waals surface area contributed by atoms with Crippen LogP contribution in [0, 0.1) is 0 Å². The summed E-state index contributed by atoms with van der Waals surface area (Å²) in [5.74, 6) is -0.0761. The van der Waals surface area contributed by atoms with Crippen LogP contribution in [-0.4, -0.2) is 25.3 Å². The standard InChI is InChI=1S/C27H19F3N6O2/c1-2-22(37)34-18-6-3-5-17(15-18)23-21-12-14-33-26(31)36(21)24(35-23)16-8-10-19(11-9-16)38-25-20(27(28,29)30)7-4-13-32-25/h2-15H,1H2,(H2,31,33)(H,34,37). The summed E-state index contributed by atoms with van der Waals surface area (Å²) >= 11 is 0. The molecular weight excluding hydrogens is 497 g/mol. The van der Waals surface area contributed by atoms with Gasteiger partial charge in [-0.25, -0.2) is 15.0 Å².